The van der Waals surface area contributed by atoms with Crippen LogP contribution in [-0.2, 0) is 13.0 Å². The van der Waals surface area contributed by atoms with Gasteiger partial charge in [0, 0.05) is 35.3 Å². The van der Waals surface area contributed by atoms with Gasteiger partial charge < -0.3 is 10.3 Å². The van der Waals surface area contributed by atoms with Crippen molar-refractivity contribution in [2.45, 2.75) is 40.2 Å². The highest BCUT2D eigenvalue weighted by Gasteiger charge is 2.20. The molecule has 0 saturated carbocycles. The van der Waals surface area contributed by atoms with Gasteiger partial charge in [-0.25, -0.2) is 0 Å². The Labute approximate surface area is 182 Å². The standard InChI is InChI=1S/C27H28N2O2/c1-4-7-22-23(26(30)17(2)3)14-19-8-5-6-9-21(19)24(22)16-29-27(31)20-11-10-18-12-13-28-25(18)15-20/h5-6,8-15,17,28H,4,7,16H2,1-3H3,(H,29,31). The number of rotatable bonds is 7. The van der Waals surface area contributed by atoms with E-state index >= 15 is 0 Å². The summed E-state index contributed by atoms with van der Waals surface area (Å²) in [5.41, 5.74) is 4.44. The number of nitrogens with one attached hydrogen (secondary N) is 2. The van der Waals surface area contributed by atoms with Crippen molar-refractivity contribution in [2.75, 3.05) is 0 Å². The minimum atomic E-state index is -0.122. The van der Waals surface area contributed by atoms with Gasteiger partial charge in [0.05, 0.1) is 0 Å². The van der Waals surface area contributed by atoms with Gasteiger partial charge in [0.1, 0.15) is 0 Å². The molecule has 1 heterocycles. The lowest BCUT2D eigenvalue weighted by Crippen LogP contribution is -2.24. The van der Waals surface area contributed by atoms with Crippen molar-refractivity contribution >= 4 is 33.4 Å². The van der Waals surface area contributed by atoms with Gasteiger partial charge in [-0.15, -0.1) is 0 Å². The molecule has 4 nitrogen and oxygen atoms in total. The van der Waals surface area contributed by atoms with Crippen LogP contribution in [-0.4, -0.2) is 16.7 Å². The smallest absolute Gasteiger partial charge is 0.251 e. The van der Waals surface area contributed by atoms with E-state index in [2.05, 4.69) is 23.3 Å². The summed E-state index contributed by atoms with van der Waals surface area (Å²) in [7, 11) is 0. The number of ketones is 1. The van der Waals surface area contributed by atoms with Crippen molar-refractivity contribution in [3.05, 3.63) is 83.0 Å². The fourth-order valence-corrected chi connectivity index (χ4v) is 4.19. The molecule has 3 aromatic carbocycles. The number of aromatic nitrogens is 1. The number of H-pyrrole nitrogens is 1. The molecule has 0 spiro atoms. The Morgan fingerprint density at radius 3 is 2.55 bits per heavy atom. The van der Waals surface area contributed by atoms with E-state index in [4.69, 9.17) is 0 Å². The van der Waals surface area contributed by atoms with Crippen molar-refractivity contribution in [1.82, 2.24) is 10.3 Å². The van der Waals surface area contributed by atoms with E-state index in [1.165, 1.54) is 0 Å². The van der Waals surface area contributed by atoms with Gasteiger partial charge in [0.2, 0.25) is 0 Å². The SMILES string of the molecule is CCCc1c(C(=O)C(C)C)cc2ccccc2c1CNC(=O)c1ccc2cc[nH]c2c1. The van der Waals surface area contributed by atoms with E-state index in [-0.39, 0.29) is 17.6 Å². The zero-order valence-corrected chi connectivity index (χ0v) is 18.3. The number of aromatic amines is 1. The first-order valence-corrected chi connectivity index (χ1v) is 10.9. The van der Waals surface area contributed by atoms with Crippen molar-refractivity contribution in [3.8, 4) is 0 Å². The van der Waals surface area contributed by atoms with E-state index in [0.717, 1.165) is 51.2 Å². The summed E-state index contributed by atoms with van der Waals surface area (Å²) in [4.78, 5) is 29.1. The molecule has 0 fully saturated rings. The van der Waals surface area contributed by atoms with Crippen molar-refractivity contribution in [3.63, 3.8) is 0 Å². The molecule has 4 aromatic rings. The van der Waals surface area contributed by atoms with Crippen molar-refractivity contribution in [2.24, 2.45) is 5.92 Å². The predicted molar refractivity (Wildman–Crippen MR) is 127 cm³/mol. The minimum Gasteiger partial charge on any atom is -0.361 e. The zero-order valence-electron chi connectivity index (χ0n) is 18.3. The highest BCUT2D eigenvalue weighted by molar-refractivity contribution is 6.04. The second-order valence-corrected chi connectivity index (χ2v) is 8.33. The Bertz CT molecular complexity index is 1270. The molecule has 0 atom stereocenters. The van der Waals surface area contributed by atoms with E-state index in [1.807, 2.05) is 68.6 Å². The first-order chi connectivity index (χ1) is 15.0. The Balaban J connectivity index is 1.73. The summed E-state index contributed by atoms with van der Waals surface area (Å²) in [5.74, 6) is -0.0469. The normalized spacial score (nSPS) is 11.4. The number of benzene rings is 3. The molecule has 0 bridgehead atoms. The van der Waals surface area contributed by atoms with E-state index in [0.29, 0.717) is 12.1 Å². The number of carbonyl (C=O) groups is 2. The van der Waals surface area contributed by atoms with Gasteiger partial charge in [0.15, 0.2) is 5.78 Å². The Kier molecular flexibility index (Phi) is 5.90. The van der Waals surface area contributed by atoms with E-state index < -0.39 is 0 Å². The summed E-state index contributed by atoms with van der Waals surface area (Å²) in [6.07, 6.45) is 3.60. The topological polar surface area (TPSA) is 62.0 Å². The quantitative estimate of drug-likeness (QED) is 0.363. The van der Waals surface area contributed by atoms with Crippen LogP contribution in [0.3, 0.4) is 0 Å². The summed E-state index contributed by atoms with van der Waals surface area (Å²) in [6, 6.07) is 17.8. The highest BCUT2D eigenvalue weighted by atomic mass is 16.1. The van der Waals surface area contributed by atoms with Crippen LogP contribution >= 0.6 is 0 Å². The molecule has 31 heavy (non-hydrogen) atoms. The fourth-order valence-electron chi connectivity index (χ4n) is 4.19. The molecule has 1 amide bonds. The largest absolute Gasteiger partial charge is 0.361 e. The monoisotopic (exact) mass is 412 g/mol. The maximum Gasteiger partial charge on any atom is 0.251 e. The molecule has 0 aliphatic carbocycles. The molecule has 2 N–H and O–H groups in total. The van der Waals surface area contributed by atoms with Gasteiger partial charge in [0.25, 0.3) is 5.91 Å². The van der Waals surface area contributed by atoms with Crippen LogP contribution in [0.25, 0.3) is 21.7 Å². The molecule has 0 aliphatic rings. The number of Topliss-reactive ketones (excluding diaryl/α,β-unsaturated/α-hetero) is 1. The van der Waals surface area contributed by atoms with E-state index in [9.17, 15) is 9.59 Å². The van der Waals surface area contributed by atoms with Gasteiger partial charge in [-0.05, 0) is 58.0 Å². The zero-order chi connectivity index (χ0) is 22.0. The third-order valence-electron chi connectivity index (χ3n) is 5.81. The number of amides is 1. The van der Waals surface area contributed by atoms with Crippen LogP contribution < -0.4 is 5.32 Å². The maximum absolute atomic E-state index is 13.0. The summed E-state index contributed by atoms with van der Waals surface area (Å²) < 4.78 is 0. The van der Waals surface area contributed by atoms with Crippen LogP contribution in [0.15, 0.2) is 60.8 Å². The molecule has 4 rings (SSSR count). The Hall–Kier alpha value is -3.40. The third-order valence-corrected chi connectivity index (χ3v) is 5.81. The van der Waals surface area contributed by atoms with Crippen LogP contribution in [0.1, 0.15) is 59.0 Å². The third kappa shape index (κ3) is 4.11. The van der Waals surface area contributed by atoms with Gasteiger partial charge in [-0.3, -0.25) is 9.59 Å². The molecule has 0 saturated heterocycles. The lowest BCUT2D eigenvalue weighted by Gasteiger charge is -2.19. The number of carbonyl (C=O) groups excluding carboxylic acids is 2. The Morgan fingerprint density at radius 2 is 1.77 bits per heavy atom. The molecule has 0 unspecified atom stereocenters. The van der Waals surface area contributed by atoms with Crippen LogP contribution in [0.2, 0.25) is 0 Å². The number of fused-ring (bicyclic) bond motifs is 2. The highest BCUT2D eigenvalue weighted by Crippen LogP contribution is 2.29. The number of hydrogen-bond donors (Lipinski definition) is 2. The van der Waals surface area contributed by atoms with Crippen LogP contribution in [0.5, 0.6) is 0 Å². The first kappa shape index (κ1) is 20.9. The lowest BCUT2D eigenvalue weighted by molar-refractivity contribution is 0.0936. The summed E-state index contributed by atoms with van der Waals surface area (Å²) in [6.45, 7) is 6.38. The molecule has 158 valence electrons. The molecule has 4 heteroatoms. The maximum atomic E-state index is 13.0. The Morgan fingerprint density at radius 1 is 0.968 bits per heavy atom. The molecular formula is C27H28N2O2. The fraction of sp³-hybridized carbons (Fsp3) is 0.259. The summed E-state index contributed by atoms with van der Waals surface area (Å²) >= 11 is 0. The first-order valence-electron chi connectivity index (χ1n) is 10.9. The number of hydrogen-bond acceptors (Lipinski definition) is 2. The molecule has 0 aliphatic heterocycles. The lowest BCUT2D eigenvalue weighted by atomic mass is 9.87. The predicted octanol–water partition coefficient (Wildman–Crippen LogP) is 6.04. The second-order valence-electron chi connectivity index (χ2n) is 8.33. The van der Waals surface area contributed by atoms with Gasteiger partial charge >= 0.3 is 0 Å². The minimum absolute atomic E-state index is 0.0771. The van der Waals surface area contributed by atoms with Gasteiger partial charge in [-0.2, -0.15) is 0 Å². The van der Waals surface area contributed by atoms with Crippen LogP contribution in [0.4, 0.5) is 0 Å². The van der Waals surface area contributed by atoms with Crippen molar-refractivity contribution in [1.29, 1.82) is 0 Å². The average Bonchev–Trinajstić information content (AvgIpc) is 3.25. The van der Waals surface area contributed by atoms with E-state index in [1.54, 1.807) is 0 Å². The second kappa shape index (κ2) is 8.76. The van der Waals surface area contributed by atoms with Crippen LogP contribution in [0, 0.1) is 5.92 Å². The van der Waals surface area contributed by atoms with Crippen molar-refractivity contribution < 1.29 is 9.59 Å². The average molecular weight is 413 g/mol. The molecule has 0 radical (unpaired) electrons. The summed E-state index contributed by atoms with van der Waals surface area (Å²) in [5, 5.41) is 6.29. The molecular weight excluding hydrogens is 384 g/mol. The van der Waals surface area contributed by atoms with Gasteiger partial charge in [-0.1, -0.05) is 57.5 Å². The molecule has 1 aromatic heterocycles.